The Bertz CT molecular complexity index is 1180. The monoisotopic (exact) mass is 548 g/mol. The quantitative estimate of drug-likeness (QED) is 0.141. The Morgan fingerprint density at radius 3 is 1.39 bits per heavy atom. The van der Waals surface area contributed by atoms with Crippen LogP contribution in [0.25, 0.3) is 0 Å². The summed E-state index contributed by atoms with van der Waals surface area (Å²) in [4.78, 5) is 17.0. The van der Waals surface area contributed by atoms with E-state index >= 15 is 0 Å². The van der Waals surface area contributed by atoms with Crippen molar-refractivity contribution >= 4 is 5.78 Å². The molecule has 4 aromatic rings. The van der Waals surface area contributed by atoms with Crippen LogP contribution in [0, 0.1) is 0 Å². The van der Waals surface area contributed by atoms with E-state index in [4.69, 9.17) is 0 Å². The molecule has 2 atom stereocenters. The van der Waals surface area contributed by atoms with Crippen LogP contribution in [0.3, 0.4) is 0 Å². The molecule has 0 aromatic heterocycles. The summed E-state index contributed by atoms with van der Waals surface area (Å²) in [5, 5.41) is 11.3. The second kappa shape index (κ2) is 16.6. The molecule has 0 heterocycles. The van der Waals surface area contributed by atoms with Gasteiger partial charge in [0.1, 0.15) is 5.78 Å². The molecule has 0 radical (unpaired) electrons. The number of Topliss-reactive ketones (excluding diaryl/α,β-unsaturated/α-hetero) is 1. The Kier molecular flexibility index (Phi) is 12.3. The van der Waals surface area contributed by atoms with Crippen LogP contribution in [0.4, 0.5) is 0 Å². The first kappa shape index (κ1) is 30.4. The Labute approximate surface area is 246 Å². The summed E-state index contributed by atoms with van der Waals surface area (Å²) in [6.45, 7) is 5.80. The molecule has 0 fully saturated rings. The van der Waals surface area contributed by atoms with Gasteiger partial charge in [-0.1, -0.05) is 128 Å². The average molecular weight is 549 g/mol. The number of aliphatic hydroxyl groups excluding tert-OH is 1. The molecule has 0 unspecified atom stereocenters. The summed E-state index contributed by atoms with van der Waals surface area (Å²) in [5.74, 6) is 0.0266. The average Bonchev–Trinajstić information content (AvgIpc) is 2.98. The second-order valence-corrected chi connectivity index (χ2v) is 11.1. The third kappa shape index (κ3) is 10.7. The Morgan fingerprint density at radius 2 is 1.00 bits per heavy atom. The Balaban J connectivity index is 1.46. The summed E-state index contributed by atoms with van der Waals surface area (Å²) in [7, 11) is 0. The van der Waals surface area contributed by atoms with Crippen LogP contribution in [0.2, 0.25) is 0 Å². The van der Waals surface area contributed by atoms with Crippen LogP contribution >= 0.6 is 0 Å². The molecule has 0 amide bonds. The highest BCUT2D eigenvalue weighted by Gasteiger charge is 2.27. The van der Waals surface area contributed by atoms with E-state index in [-0.39, 0.29) is 18.2 Å². The maximum absolute atomic E-state index is 12.1. The zero-order valence-electron chi connectivity index (χ0n) is 24.3. The molecule has 0 saturated heterocycles. The van der Waals surface area contributed by atoms with E-state index < -0.39 is 6.10 Å². The van der Waals surface area contributed by atoms with Gasteiger partial charge in [-0.05, 0) is 48.6 Å². The van der Waals surface area contributed by atoms with Crippen molar-refractivity contribution in [3.8, 4) is 0 Å². The lowest BCUT2D eigenvalue weighted by molar-refractivity contribution is -0.120. The number of rotatable bonds is 17. The van der Waals surface area contributed by atoms with Gasteiger partial charge in [0.2, 0.25) is 0 Å². The minimum Gasteiger partial charge on any atom is -0.391 e. The van der Waals surface area contributed by atoms with E-state index in [0.29, 0.717) is 0 Å². The van der Waals surface area contributed by atoms with Gasteiger partial charge >= 0.3 is 0 Å². The standard InChI is InChI=1S/C37H44N2O2/c1-31(40)26-37(41)36(39(29-34-20-10-4-11-21-34)30-35-22-12-5-13-23-35)24-14-15-25-38(27-32-16-6-2-7-17-32)28-33-18-8-3-9-19-33/h2-13,16-23,36-37,41H,14-15,24-30H2,1H3/t36-,37+/m0/s1. The second-order valence-electron chi connectivity index (χ2n) is 11.1. The minimum atomic E-state index is -0.704. The van der Waals surface area contributed by atoms with E-state index in [2.05, 4.69) is 119 Å². The number of hydrogen-bond donors (Lipinski definition) is 1. The number of benzene rings is 4. The summed E-state index contributed by atoms with van der Waals surface area (Å²) < 4.78 is 0. The lowest BCUT2D eigenvalue weighted by Gasteiger charge is -2.35. The molecular formula is C37H44N2O2. The van der Waals surface area contributed by atoms with Crippen LogP contribution in [-0.2, 0) is 31.0 Å². The topological polar surface area (TPSA) is 43.8 Å². The molecule has 1 N–H and O–H groups in total. The number of nitrogens with zero attached hydrogens (tertiary/aromatic N) is 2. The molecule has 0 aliphatic rings. The smallest absolute Gasteiger partial charge is 0.132 e. The largest absolute Gasteiger partial charge is 0.391 e. The molecular weight excluding hydrogens is 504 g/mol. The lowest BCUT2D eigenvalue weighted by atomic mass is 9.96. The predicted octanol–water partition coefficient (Wildman–Crippen LogP) is 7.27. The molecule has 41 heavy (non-hydrogen) atoms. The van der Waals surface area contributed by atoms with Crippen molar-refractivity contribution < 1.29 is 9.90 Å². The zero-order chi connectivity index (χ0) is 28.7. The fraction of sp³-hybridized carbons (Fsp3) is 0.324. The minimum absolute atomic E-state index is 0.0266. The summed E-state index contributed by atoms with van der Waals surface area (Å²) in [5.41, 5.74) is 5.05. The van der Waals surface area contributed by atoms with Gasteiger partial charge < -0.3 is 5.11 Å². The summed E-state index contributed by atoms with van der Waals surface area (Å²) in [6.07, 6.45) is 2.30. The number of aliphatic hydroxyl groups is 1. The number of ketones is 1. The Hall–Kier alpha value is -3.57. The van der Waals surface area contributed by atoms with E-state index in [9.17, 15) is 9.90 Å². The van der Waals surface area contributed by atoms with Gasteiger partial charge in [-0.3, -0.25) is 14.6 Å². The zero-order valence-corrected chi connectivity index (χ0v) is 24.3. The first-order valence-electron chi connectivity index (χ1n) is 14.9. The van der Waals surface area contributed by atoms with Crippen molar-refractivity contribution in [1.82, 2.24) is 9.80 Å². The summed E-state index contributed by atoms with van der Waals surface area (Å²) >= 11 is 0. The van der Waals surface area contributed by atoms with Gasteiger partial charge in [-0.25, -0.2) is 0 Å². The molecule has 0 bridgehead atoms. The molecule has 4 rings (SSSR count). The highest BCUT2D eigenvalue weighted by Crippen LogP contribution is 2.22. The van der Waals surface area contributed by atoms with E-state index in [1.54, 1.807) is 6.92 Å². The molecule has 4 heteroatoms. The van der Waals surface area contributed by atoms with Gasteiger partial charge in [0.25, 0.3) is 0 Å². The molecule has 0 aliphatic carbocycles. The maximum atomic E-state index is 12.1. The van der Waals surface area contributed by atoms with Crippen molar-refractivity contribution in [2.45, 2.75) is 70.9 Å². The number of carbonyl (C=O) groups excluding carboxylic acids is 1. The van der Waals surface area contributed by atoms with Gasteiger partial charge in [0.15, 0.2) is 0 Å². The molecule has 4 nitrogen and oxygen atoms in total. The Morgan fingerprint density at radius 1 is 0.610 bits per heavy atom. The van der Waals surface area contributed by atoms with Crippen molar-refractivity contribution in [2.75, 3.05) is 6.54 Å². The third-order valence-electron chi connectivity index (χ3n) is 7.59. The van der Waals surface area contributed by atoms with Crippen molar-refractivity contribution in [2.24, 2.45) is 0 Å². The van der Waals surface area contributed by atoms with E-state index in [1.165, 1.54) is 22.3 Å². The lowest BCUT2D eigenvalue weighted by Crippen LogP contribution is -2.43. The van der Waals surface area contributed by atoms with E-state index in [0.717, 1.165) is 52.0 Å². The van der Waals surface area contributed by atoms with Crippen molar-refractivity contribution in [3.05, 3.63) is 144 Å². The first-order chi connectivity index (χ1) is 20.1. The van der Waals surface area contributed by atoms with Gasteiger partial charge in [-0.2, -0.15) is 0 Å². The van der Waals surface area contributed by atoms with Crippen LogP contribution in [-0.4, -0.2) is 39.4 Å². The molecule has 214 valence electrons. The number of hydrogen-bond acceptors (Lipinski definition) is 4. The van der Waals surface area contributed by atoms with Crippen LogP contribution in [0.5, 0.6) is 0 Å². The summed E-state index contributed by atoms with van der Waals surface area (Å²) in [6, 6.07) is 42.0. The molecule has 4 aromatic carbocycles. The number of carbonyl (C=O) groups is 1. The normalized spacial score (nSPS) is 12.9. The third-order valence-corrected chi connectivity index (χ3v) is 7.59. The van der Waals surface area contributed by atoms with Gasteiger partial charge in [0, 0.05) is 38.6 Å². The fourth-order valence-electron chi connectivity index (χ4n) is 5.56. The van der Waals surface area contributed by atoms with E-state index in [1.807, 2.05) is 12.1 Å². The SMILES string of the molecule is CC(=O)C[C@@H](O)[C@H](CCCCN(Cc1ccccc1)Cc1ccccc1)N(Cc1ccccc1)Cc1ccccc1. The predicted molar refractivity (Wildman–Crippen MR) is 168 cm³/mol. The van der Waals surface area contributed by atoms with Gasteiger partial charge in [0.05, 0.1) is 6.10 Å². The highest BCUT2D eigenvalue weighted by atomic mass is 16.3. The molecule has 0 aliphatic heterocycles. The van der Waals surface area contributed by atoms with Crippen molar-refractivity contribution in [3.63, 3.8) is 0 Å². The first-order valence-corrected chi connectivity index (χ1v) is 14.9. The highest BCUT2D eigenvalue weighted by molar-refractivity contribution is 5.76. The number of unbranched alkanes of at least 4 members (excludes halogenated alkanes) is 1. The van der Waals surface area contributed by atoms with Crippen LogP contribution in [0.1, 0.15) is 54.9 Å². The van der Waals surface area contributed by atoms with Crippen molar-refractivity contribution in [1.29, 1.82) is 0 Å². The van der Waals surface area contributed by atoms with Crippen LogP contribution < -0.4 is 0 Å². The maximum Gasteiger partial charge on any atom is 0.132 e. The van der Waals surface area contributed by atoms with Crippen LogP contribution in [0.15, 0.2) is 121 Å². The molecule has 0 saturated carbocycles. The fourth-order valence-corrected chi connectivity index (χ4v) is 5.56. The van der Waals surface area contributed by atoms with Gasteiger partial charge in [-0.15, -0.1) is 0 Å². The molecule has 0 spiro atoms.